The standard InChI is InChI=1S/C17H22N4O.2ClH/c18-14-6-5-12-9-21(10-13(12)14)17(22)7-8-20-11-19-15-3-1-2-4-16(15)20;;/h1-4,11-14H,5-10,18H2;2*1H. The maximum atomic E-state index is 12.5. The van der Waals surface area contributed by atoms with Crippen molar-refractivity contribution in [3.8, 4) is 0 Å². The van der Waals surface area contributed by atoms with E-state index in [-0.39, 0.29) is 30.7 Å². The minimum atomic E-state index is 0. The van der Waals surface area contributed by atoms with Gasteiger partial charge in [0.05, 0.1) is 17.4 Å². The molecule has 4 rings (SSSR count). The molecule has 24 heavy (non-hydrogen) atoms. The number of imidazole rings is 1. The third-order valence-electron chi connectivity index (χ3n) is 5.36. The fourth-order valence-electron chi connectivity index (χ4n) is 4.07. The van der Waals surface area contributed by atoms with Crippen LogP contribution in [0.3, 0.4) is 0 Å². The van der Waals surface area contributed by atoms with E-state index in [2.05, 4.69) is 9.55 Å². The minimum absolute atomic E-state index is 0. The number of nitrogens with zero attached hydrogens (tertiary/aromatic N) is 3. The number of hydrogen-bond acceptors (Lipinski definition) is 3. The number of carbonyl (C=O) groups is 1. The highest BCUT2D eigenvalue weighted by Crippen LogP contribution is 2.37. The molecule has 2 fully saturated rings. The van der Waals surface area contributed by atoms with Crippen molar-refractivity contribution in [2.75, 3.05) is 13.1 Å². The molecule has 2 aromatic rings. The van der Waals surface area contributed by atoms with Crippen LogP contribution in [0.5, 0.6) is 0 Å². The average Bonchev–Trinajstić information content (AvgIpc) is 3.21. The fraction of sp³-hybridized carbons (Fsp3) is 0.529. The number of benzene rings is 1. The van der Waals surface area contributed by atoms with Crippen molar-refractivity contribution in [3.63, 3.8) is 0 Å². The number of halogens is 2. The number of nitrogens with two attached hydrogens (primary N) is 1. The van der Waals surface area contributed by atoms with Crippen molar-refractivity contribution < 1.29 is 4.79 Å². The molecule has 1 aromatic carbocycles. The number of likely N-dealkylation sites (tertiary alicyclic amines) is 1. The monoisotopic (exact) mass is 370 g/mol. The molecule has 7 heteroatoms. The van der Waals surface area contributed by atoms with Gasteiger partial charge in [-0.3, -0.25) is 4.79 Å². The number of carbonyl (C=O) groups excluding carboxylic acids is 1. The number of para-hydroxylation sites is 2. The summed E-state index contributed by atoms with van der Waals surface area (Å²) in [6.07, 6.45) is 4.67. The van der Waals surface area contributed by atoms with Gasteiger partial charge in [-0.15, -0.1) is 24.8 Å². The maximum absolute atomic E-state index is 12.5. The Balaban J connectivity index is 0.00000104. The molecular weight excluding hydrogens is 347 g/mol. The number of rotatable bonds is 3. The smallest absolute Gasteiger partial charge is 0.224 e. The van der Waals surface area contributed by atoms with Gasteiger partial charge < -0.3 is 15.2 Å². The van der Waals surface area contributed by atoms with Crippen LogP contribution in [-0.2, 0) is 11.3 Å². The first kappa shape index (κ1) is 19.0. The molecule has 0 bridgehead atoms. The molecular formula is C17H24Cl2N4O. The third kappa shape index (κ3) is 3.39. The second kappa shape index (κ2) is 7.72. The van der Waals surface area contributed by atoms with E-state index in [9.17, 15) is 4.79 Å². The van der Waals surface area contributed by atoms with Crippen LogP contribution in [0.25, 0.3) is 11.0 Å². The van der Waals surface area contributed by atoms with Gasteiger partial charge in [0, 0.05) is 32.1 Å². The summed E-state index contributed by atoms with van der Waals surface area (Å²) >= 11 is 0. The van der Waals surface area contributed by atoms with E-state index in [1.165, 1.54) is 6.42 Å². The maximum Gasteiger partial charge on any atom is 0.224 e. The van der Waals surface area contributed by atoms with E-state index in [0.29, 0.717) is 30.8 Å². The largest absolute Gasteiger partial charge is 0.342 e. The Hall–Kier alpha value is -1.30. The number of fused-ring (bicyclic) bond motifs is 2. The van der Waals surface area contributed by atoms with Crippen molar-refractivity contribution in [1.29, 1.82) is 0 Å². The summed E-state index contributed by atoms with van der Waals surface area (Å²) in [4.78, 5) is 18.9. The van der Waals surface area contributed by atoms with Crippen molar-refractivity contribution >= 4 is 41.8 Å². The molecule has 2 heterocycles. The van der Waals surface area contributed by atoms with Gasteiger partial charge >= 0.3 is 0 Å². The number of aryl methyl sites for hydroxylation is 1. The number of hydrogen-bond donors (Lipinski definition) is 1. The zero-order valence-corrected chi connectivity index (χ0v) is 15.1. The molecule has 132 valence electrons. The molecule has 5 nitrogen and oxygen atoms in total. The van der Waals surface area contributed by atoms with Crippen LogP contribution < -0.4 is 5.73 Å². The van der Waals surface area contributed by atoms with Crippen LogP contribution in [0.1, 0.15) is 19.3 Å². The van der Waals surface area contributed by atoms with Gasteiger partial charge in [0.1, 0.15) is 0 Å². The van der Waals surface area contributed by atoms with E-state index in [0.717, 1.165) is 30.5 Å². The highest BCUT2D eigenvalue weighted by Gasteiger charge is 2.42. The summed E-state index contributed by atoms with van der Waals surface area (Å²) < 4.78 is 2.07. The summed E-state index contributed by atoms with van der Waals surface area (Å²) in [6.45, 7) is 2.45. The molecule has 0 spiro atoms. The summed E-state index contributed by atoms with van der Waals surface area (Å²) in [7, 11) is 0. The normalized spacial score (nSPS) is 25.2. The average molecular weight is 371 g/mol. The second-order valence-electron chi connectivity index (χ2n) is 6.64. The number of amides is 1. The van der Waals surface area contributed by atoms with Gasteiger partial charge in [-0.25, -0.2) is 4.98 Å². The Morgan fingerprint density at radius 2 is 2.00 bits per heavy atom. The van der Waals surface area contributed by atoms with E-state index >= 15 is 0 Å². The molecule has 0 radical (unpaired) electrons. The van der Waals surface area contributed by atoms with Crippen molar-refractivity contribution in [2.45, 2.75) is 31.8 Å². The van der Waals surface area contributed by atoms with Gasteiger partial charge in [0.25, 0.3) is 0 Å². The van der Waals surface area contributed by atoms with Crippen molar-refractivity contribution in [3.05, 3.63) is 30.6 Å². The van der Waals surface area contributed by atoms with Gasteiger partial charge in [-0.05, 0) is 36.8 Å². The summed E-state index contributed by atoms with van der Waals surface area (Å²) in [5.74, 6) is 1.41. The first-order valence-electron chi connectivity index (χ1n) is 8.15. The highest BCUT2D eigenvalue weighted by molar-refractivity contribution is 5.85. The van der Waals surface area contributed by atoms with Crippen LogP contribution in [0, 0.1) is 11.8 Å². The molecule has 1 amide bonds. The lowest BCUT2D eigenvalue weighted by Gasteiger charge is -2.19. The van der Waals surface area contributed by atoms with Crippen LogP contribution in [0.15, 0.2) is 30.6 Å². The Labute approximate surface area is 154 Å². The van der Waals surface area contributed by atoms with E-state index < -0.39 is 0 Å². The van der Waals surface area contributed by atoms with Crippen LogP contribution in [-0.4, -0.2) is 39.5 Å². The fourth-order valence-corrected chi connectivity index (χ4v) is 4.07. The van der Waals surface area contributed by atoms with Crippen LogP contribution >= 0.6 is 24.8 Å². The molecule has 3 atom stereocenters. The highest BCUT2D eigenvalue weighted by atomic mass is 35.5. The van der Waals surface area contributed by atoms with Gasteiger partial charge in [0.15, 0.2) is 0 Å². The first-order chi connectivity index (χ1) is 10.7. The summed E-state index contributed by atoms with van der Waals surface area (Å²) in [5.41, 5.74) is 8.22. The Morgan fingerprint density at radius 3 is 2.79 bits per heavy atom. The van der Waals surface area contributed by atoms with Crippen LogP contribution in [0.4, 0.5) is 0 Å². The summed E-state index contributed by atoms with van der Waals surface area (Å²) in [6, 6.07) is 8.32. The van der Waals surface area contributed by atoms with Crippen molar-refractivity contribution in [1.82, 2.24) is 14.5 Å². The minimum Gasteiger partial charge on any atom is -0.342 e. The lowest BCUT2D eigenvalue weighted by molar-refractivity contribution is -0.130. The predicted octanol–water partition coefficient (Wildman–Crippen LogP) is 2.47. The predicted molar refractivity (Wildman–Crippen MR) is 99.6 cm³/mol. The molecule has 1 aliphatic carbocycles. The molecule has 1 saturated carbocycles. The van der Waals surface area contributed by atoms with Gasteiger partial charge in [0.2, 0.25) is 5.91 Å². The summed E-state index contributed by atoms with van der Waals surface area (Å²) in [5, 5.41) is 0. The zero-order valence-electron chi connectivity index (χ0n) is 13.5. The third-order valence-corrected chi connectivity index (χ3v) is 5.36. The first-order valence-corrected chi connectivity index (χ1v) is 8.15. The topological polar surface area (TPSA) is 64.2 Å². The number of aromatic nitrogens is 2. The van der Waals surface area contributed by atoms with E-state index in [1.54, 1.807) is 0 Å². The van der Waals surface area contributed by atoms with Gasteiger partial charge in [-0.2, -0.15) is 0 Å². The van der Waals surface area contributed by atoms with E-state index in [4.69, 9.17) is 5.73 Å². The molecule has 3 unspecified atom stereocenters. The zero-order chi connectivity index (χ0) is 15.1. The van der Waals surface area contributed by atoms with Crippen LogP contribution in [0.2, 0.25) is 0 Å². The molecule has 1 aromatic heterocycles. The van der Waals surface area contributed by atoms with Crippen molar-refractivity contribution in [2.24, 2.45) is 17.6 Å². The lowest BCUT2D eigenvalue weighted by atomic mass is 9.98. The van der Waals surface area contributed by atoms with Gasteiger partial charge in [-0.1, -0.05) is 12.1 Å². The second-order valence-corrected chi connectivity index (χ2v) is 6.64. The lowest BCUT2D eigenvalue weighted by Crippen LogP contribution is -2.33. The SMILES string of the molecule is Cl.Cl.NC1CCC2CN(C(=O)CCn3cnc4ccccc43)CC12. The molecule has 2 N–H and O–H groups in total. The Bertz CT molecular complexity index is 705. The Morgan fingerprint density at radius 1 is 1.21 bits per heavy atom. The van der Waals surface area contributed by atoms with E-state index in [1.807, 2.05) is 35.5 Å². The Kier molecular flexibility index (Phi) is 6.12. The molecule has 2 aliphatic rings. The molecule has 1 aliphatic heterocycles. The molecule has 1 saturated heterocycles. The quantitative estimate of drug-likeness (QED) is 0.902.